The van der Waals surface area contributed by atoms with Crippen molar-refractivity contribution in [2.75, 3.05) is 30.8 Å². The number of benzene rings is 1. The Balaban J connectivity index is 1.93. The van der Waals surface area contributed by atoms with E-state index in [1.54, 1.807) is 0 Å². The van der Waals surface area contributed by atoms with E-state index in [2.05, 4.69) is 16.6 Å². The molecule has 5 heteroatoms. The third kappa shape index (κ3) is 3.95. The van der Waals surface area contributed by atoms with Crippen molar-refractivity contribution in [3.8, 4) is 11.1 Å². The van der Waals surface area contributed by atoms with Crippen LogP contribution in [0.2, 0.25) is 0 Å². The van der Waals surface area contributed by atoms with Gasteiger partial charge in [-0.3, -0.25) is 0 Å². The molecule has 0 spiro atoms. The zero-order valence-corrected chi connectivity index (χ0v) is 12.6. The summed E-state index contributed by atoms with van der Waals surface area (Å²) in [5.74, 6) is 0.579. The molecule has 108 valence electrons. The smallest absolute Gasteiger partial charge is 0.147 e. The minimum Gasteiger partial charge on any atom is -0.382 e. The number of nitrogens with zero attached hydrogens (tertiary/aromatic N) is 1. The molecule has 1 aromatic heterocycles. The van der Waals surface area contributed by atoms with E-state index in [1.807, 2.05) is 30.3 Å². The van der Waals surface area contributed by atoms with E-state index in [-0.39, 0.29) is 0 Å². The van der Waals surface area contributed by atoms with Gasteiger partial charge in [-0.2, -0.15) is 4.37 Å². The predicted molar refractivity (Wildman–Crippen MR) is 86.2 cm³/mol. The lowest BCUT2D eigenvalue weighted by Crippen LogP contribution is -2.09. The molecule has 1 heterocycles. The summed E-state index contributed by atoms with van der Waals surface area (Å²) in [6.45, 7) is 4.46. The fourth-order valence-electron chi connectivity index (χ4n) is 1.89. The molecular formula is C15H21N3OS. The summed E-state index contributed by atoms with van der Waals surface area (Å²) in [6, 6.07) is 10.1. The Labute approximate surface area is 124 Å². The standard InChI is InChI=1S/C15H21N3OS/c1-2-3-10-19-11-9-17-15-13(14(16)18-20-15)12-7-5-4-6-8-12/h4-8,17H,2-3,9-11H2,1H3,(H2,16,18). The largest absolute Gasteiger partial charge is 0.382 e. The van der Waals surface area contributed by atoms with Gasteiger partial charge in [-0.15, -0.1) is 0 Å². The number of nitrogens with two attached hydrogens (primary N) is 1. The lowest BCUT2D eigenvalue weighted by molar-refractivity contribution is 0.141. The highest BCUT2D eigenvalue weighted by atomic mass is 32.1. The molecular weight excluding hydrogens is 270 g/mol. The Kier molecular flexibility index (Phi) is 5.83. The van der Waals surface area contributed by atoms with Gasteiger partial charge in [0.2, 0.25) is 0 Å². The van der Waals surface area contributed by atoms with E-state index in [4.69, 9.17) is 10.5 Å². The maximum atomic E-state index is 5.97. The summed E-state index contributed by atoms with van der Waals surface area (Å²) >= 11 is 1.40. The van der Waals surface area contributed by atoms with Crippen molar-refractivity contribution in [3.05, 3.63) is 30.3 Å². The molecule has 0 amide bonds. The van der Waals surface area contributed by atoms with Crippen LogP contribution in [0.5, 0.6) is 0 Å². The third-order valence-corrected chi connectivity index (χ3v) is 3.77. The second-order valence-corrected chi connectivity index (χ2v) is 5.30. The topological polar surface area (TPSA) is 60.2 Å². The molecule has 0 fully saturated rings. The molecule has 2 rings (SSSR count). The van der Waals surface area contributed by atoms with E-state index in [9.17, 15) is 0 Å². The molecule has 0 aliphatic rings. The normalized spacial score (nSPS) is 10.7. The maximum Gasteiger partial charge on any atom is 0.147 e. The van der Waals surface area contributed by atoms with Crippen LogP contribution in [0.1, 0.15) is 19.8 Å². The molecule has 0 aliphatic heterocycles. The monoisotopic (exact) mass is 291 g/mol. The van der Waals surface area contributed by atoms with Crippen molar-refractivity contribution in [1.29, 1.82) is 0 Å². The van der Waals surface area contributed by atoms with E-state index < -0.39 is 0 Å². The van der Waals surface area contributed by atoms with Crippen molar-refractivity contribution in [2.45, 2.75) is 19.8 Å². The highest BCUT2D eigenvalue weighted by Gasteiger charge is 2.12. The molecule has 2 aromatic rings. The quantitative estimate of drug-likeness (QED) is 0.729. The Morgan fingerprint density at radius 3 is 2.80 bits per heavy atom. The van der Waals surface area contributed by atoms with E-state index >= 15 is 0 Å². The summed E-state index contributed by atoms with van der Waals surface area (Å²) in [7, 11) is 0. The van der Waals surface area contributed by atoms with Crippen LogP contribution >= 0.6 is 11.5 Å². The highest BCUT2D eigenvalue weighted by molar-refractivity contribution is 7.11. The molecule has 0 bridgehead atoms. The van der Waals surface area contributed by atoms with Gasteiger partial charge in [0.15, 0.2) is 0 Å². The van der Waals surface area contributed by atoms with Crippen LogP contribution in [-0.2, 0) is 4.74 Å². The van der Waals surface area contributed by atoms with Crippen molar-refractivity contribution in [3.63, 3.8) is 0 Å². The first-order valence-corrected chi connectivity index (χ1v) is 7.72. The van der Waals surface area contributed by atoms with Gasteiger partial charge in [-0.1, -0.05) is 43.7 Å². The predicted octanol–water partition coefficient (Wildman–Crippen LogP) is 3.62. The Morgan fingerprint density at radius 1 is 1.25 bits per heavy atom. The van der Waals surface area contributed by atoms with Crippen LogP contribution in [0.15, 0.2) is 30.3 Å². The van der Waals surface area contributed by atoms with Gasteiger partial charge in [-0.05, 0) is 23.5 Å². The van der Waals surface area contributed by atoms with Gasteiger partial charge in [0, 0.05) is 13.2 Å². The average Bonchev–Trinajstić information content (AvgIpc) is 2.84. The van der Waals surface area contributed by atoms with Crippen molar-refractivity contribution in [2.24, 2.45) is 0 Å². The summed E-state index contributed by atoms with van der Waals surface area (Å²) in [4.78, 5) is 0. The second kappa shape index (κ2) is 7.87. The van der Waals surface area contributed by atoms with Crippen LogP contribution in [0.25, 0.3) is 11.1 Å². The van der Waals surface area contributed by atoms with Crippen molar-refractivity contribution in [1.82, 2.24) is 4.37 Å². The Bertz CT molecular complexity index is 513. The molecule has 4 nitrogen and oxygen atoms in total. The number of ether oxygens (including phenoxy) is 1. The number of rotatable bonds is 8. The summed E-state index contributed by atoms with van der Waals surface area (Å²) in [5.41, 5.74) is 8.05. The molecule has 0 atom stereocenters. The minimum absolute atomic E-state index is 0.579. The van der Waals surface area contributed by atoms with Crippen molar-refractivity contribution < 1.29 is 4.74 Å². The number of nitrogen functional groups attached to an aromatic ring is 1. The minimum atomic E-state index is 0.579. The fraction of sp³-hybridized carbons (Fsp3) is 0.400. The average molecular weight is 291 g/mol. The summed E-state index contributed by atoms with van der Waals surface area (Å²) in [5, 5.41) is 4.37. The lowest BCUT2D eigenvalue weighted by Gasteiger charge is -2.08. The number of anilines is 2. The van der Waals surface area contributed by atoms with E-state index in [0.717, 1.165) is 42.1 Å². The Hall–Kier alpha value is -1.59. The van der Waals surface area contributed by atoms with Crippen LogP contribution in [0.3, 0.4) is 0 Å². The molecule has 0 radical (unpaired) electrons. The molecule has 20 heavy (non-hydrogen) atoms. The van der Waals surface area contributed by atoms with Crippen LogP contribution in [0.4, 0.5) is 10.8 Å². The number of unbranched alkanes of at least 4 members (excludes halogenated alkanes) is 1. The maximum absolute atomic E-state index is 5.97. The van der Waals surface area contributed by atoms with Gasteiger partial charge in [-0.25, -0.2) is 0 Å². The van der Waals surface area contributed by atoms with Gasteiger partial charge in [0.25, 0.3) is 0 Å². The van der Waals surface area contributed by atoms with Gasteiger partial charge >= 0.3 is 0 Å². The number of hydrogen-bond acceptors (Lipinski definition) is 5. The molecule has 0 aliphatic carbocycles. The number of aromatic nitrogens is 1. The fourth-order valence-corrected chi connectivity index (χ4v) is 2.65. The number of nitrogens with one attached hydrogen (secondary N) is 1. The SMILES string of the molecule is CCCCOCCNc1snc(N)c1-c1ccccc1. The molecule has 3 N–H and O–H groups in total. The third-order valence-electron chi connectivity index (χ3n) is 2.96. The highest BCUT2D eigenvalue weighted by Crippen LogP contribution is 2.36. The second-order valence-electron chi connectivity index (χ2n) is 4.53. The van der Waals surface area contributed by atoms with Crippen LogP contribution < -0.4 is 11.1 Å². The van der Waals surface area contributed by atoms with Crippen LogP contribution in [0, 0.1) is 0 Å². The number of hydrogen-bond donors (Lipinski definition) is 2. The Morgan fingerprint density at radius 2 is 2.05 bits per heavy atom. The molecule has 0 saturated heterocycles. The zero-order chi connectivity index (χ0) is 14.2. The first-order chi connectivity index (χ1) is 9.83. The van der Waals surface area contributed by atoms with E-state index in [0.29, 0.717) is 12.4 Å². The summed E-state index contributed by atoms with van der Waals surface area (Å²) in [6.07, 6.45) is 2.28. The zero-order valence-electron chi connectivity index (χ0n) is 11.8. The molecule has 0 saturated carbocycles. The first-order valence-electron chi connectivity index (χ1n) is 6.95. The van der Waals surface area contributed by atoms with Gasteiger partial charge in [0.1, 0.15) is 10.8 Å². The van der Waals surface area contributed by atoms with Gasteiger partial charge < -0.3 is 15.8 Å². The lowest BCUT2D eigenvalue weighted by atomic mass is 10.1. The first kappa shape index (κ1) is 14.8. The molecule has 0 unspecified atom stereocenters. The van der Waals surface area contributed by atoms with Gasteiger partial charge in [0.05, 0.1) is 12.2 Å². The van der Waals surface area contributed by atoms with E-state index in [1.165, 1.54) is 11.5 Å². The van der Waals surface area contributed by atoms with Crippen molar-refractivity contribution >= 4 is 22.4 Å². The van der Waals surface area contributed by atoms with Crippen LogP contribution in [-0.4, -0.2) is 24.1 Å². The summed E-state index contributed by atoms with van der Waals surface area (Å²) < 4.78 is 9.78. The molecule has 1 aromatic carbocycles.